The second kappa shape index (κ2) is 3.63. The molecule has 1 fully saturated rings. The van der Waals surface area contributed by atoms with Crippen molar-refractivity contribution in [2.45, 2.75) is 25.7 Å². The third-order valence-electron chi connectivity index (χ3n) is 2.96. The molecule has 0 N–H and O–H groups in total. The minimum Gasteiger partial charge on any atom is -0.222 e. The fourth-order valence-corrected chi connectivity index (χ4v) is 2.07. The maximum Gasteiger partial charge on any atom is 0.133 e. The highest BCUT2D eigenvalue weighted by molar-refractivity contribution is 6.29. The number of benzene rings is 1. The van der Waals surface area contributed by atoms with Gasteiger partial charge in [-0.25, -0.2) is 4.68 Å². The van der Waals surface area contributed by atoms with Crippen LogP contribution in [0, 0.1) is 6.92 Å². The molecule has 16 heavy (non-hydrogen) atoms. The van der Waals surface area contributed by atoms with E-state index in [2.05, 4.69) is 24.2 Å². The highest BCUT2D eigenvalue weighted by atomic mass is 35.5. The molecule has 1 aliphatic rings. The number of hydrogen-bond acceptors (Lipinski definition) is 1. The number of aromatic nitrogens is 2. The lowest BCUT2D eigenvalue weighted by Crippen LogP contribution is -1.97. The van der Waals surface area contributed by atoms with Gasteiger partial charge in [-0.1, -0.05) is 29.3 Å². The van der Waals surface area contributed by atoms with E-state index in [9.17, 15) is 0 Å². The van der Waals surface area contributed by atoms with Crippen molar-refractivity contribution in [3.05, 3.63) is 46.7 Å². The van der Waals surface area contributed by atoms with Gasteiger partial charge in [0, 0.05) is 5.92 Å². The summed E-state index contributed by atoms with van der Waals surface area (Å²) in [4.78, 5) is 0. The highest BCUT2D eigenvalue weighted by Gasteiger charge is 2.27. The van der Waals surface area contributed by atoms with Gasteiger partial charge in [-0.2, -0.15) is 5.10 Å². The van der Waals surface area contributed by atoms with E-state index in [4.69, 9.17) is 11.6 Å². The van der Waals surface area contributed by atoms with Gasteiger partial charge >= 0.3 is 0 Å². The zero-order chi connectivity index (χ0) is 11.1. The number of halogens is 1. The Morgan fingerprint density at radius 2 is 1.94 bits per heavy atom. The first kappa shape index (κ1) is 9.91. The van der Waals surface area contributed by atoms with Gasteiger partial charge in [0.2, 0.25) is 0 Å². The van der Waals surface area contributed by atoms with Gasteiger partial charge in [-0.15, -0.1) is 0 Å². The van der Waals surface area contributed by atoms with Crippen molar-refractivity contribution < 1.29 is 0 Å². The lowest BCUT2D eigenvalue weighted by Gasteiger charge is -2.02. The van der Waals surface area contributed by atoms with Gasteiger partial charge in [0.25, 0.3) is 0 Å². The summed E-state index contributed by atoms with van der Waals surface area (Å²) in [5, 5.41) is 5.26. The molecule has 2 nitrogen and oxygen atoms in total. The van der Waals surface area contributed by atoms with E-state index in [0.29, 0.717) is 11.1 Å². The van der Waals surface area contributed by atoms with E-state index in [0.717, 1.165) is 11.4 Å². The zero-order valence-electron chi connectivity index (χ0n) is 9.15. The molecule has 1 heterocycles. The van der Waals surface area contributed by atoms with E-state index < -0.39 is 0 Å². The van der Waals surface area contributed by atoms with Crippen molar-refractivity contribution in [3.63, 3.8) is 0 Å². The molecular formula is C13H13ClN2. The first-order valence-electron chi connectivity index (χ1n) is 5.56. The van der Waals surface area contributed by atoms with Crippen LogP contribution in [0.2, 0.25) is 5.15 Å². The van der Waals surface area contributed by atoms with Crippen LogP contribution < -0.4 is 0 Å². The molecule has 2 aromatic rings. The number of rotatable bonds is 2. The largest absolute Gasteiger partial charge is 0.222 e. The summed E-state index contributed by atoms with van der Waals surface area (Å²) in [6.07, 6.45) is 2.50. The Morgan fingerprint density at radius 1 is 1.25 bits per heavy atom. The van der Waals surface area contributed by atoms with Crippen molar-refractivity contribution in [2.75, 3.05) is 0 Å². The summed E-state index contributed by atoms with van der Waals surface area (Å²) in [6.45, 7) is 2.07. The summed E-state index contributed by atoms with van der Waals surface area (Å²) >= 11 is 6.19. The second-order valence-electron chi connectivity index (χ2n) is 4.41. The maximum absolute atomic E-state index is 6.19. The second-order valence-corrected chi connectivity index (χ2v) is 4.80. The van der Waals surface area contributed by atoms with Crippen LogP contribution >= 0.6 is 11.6 Å². The zero-order valence-corrected chi connectivity index (χ0v) is 9.91. The van der Waals surface area contributed by atoms with Crippen molar-refractivity contribution in [1.82, 2.24) is 9.78 Å². The Morgan fingerprint density at radius 3 is 2.56 bits per heavy atom. The van der Waals surface area contributed by atoms with Crippen LogP contribution in [0.25, 0.3) is 5.69 Å². The summed E-state index contributed by atoms with van der Waals surface area (Å²) in [7, 11) is 0. The molecule has 3 heteroatoms. The van der Waals surface area contributed by atoms with E-state index >= 15 is 0 Å². The smallest absolute Gasteiger partial charge is 0.133 e. The molecule has 0 atom stereocenters. The third-order valence-corrected chi connectivity index (χ3v) is 3.23. The summed E-state index contributed by atoms with van der Waals surface area (Å²) in [6, 6.07) is 10.2. The fraction of sp³-hybridized carbons (Fsp3) is 0.308. The van der Waals surface area contributed by atoms with E-state index in [1.165, 1.54) is 18.4 Å². The molecule has 1 saturated carbocycles. The molecule has 0 unspecified atom stereocenters. The minimum atomic E-state index is 0.643. The molecular weight excluding hydrogens is 220 g/mol. The molecule has 1 aromatic heterocycles. The Labute approximate surface area is 99.9 Å². The summed E-state index contributed by atoms with van der Waals surface area (Å²) < 4.78 is 1.81. The first-order chi connectivity index (χ1) is 7.74. The summed E-state index contributed by atoms with van der Waals surface area (Å²) in [5.74, 6) is 0.643. The van der Waals surface area contributed by atoms with E-state index in [-0.39, 0.29) is 0 Å². The SMILES string of the molecule is Cc1ccc(-n2nc(C3CC3)cc2Cl)cc1. The summed E-state index contributed by atoms with van der Waals surface area (Å²) in [5.41, 5.74) is 3.41. The third kappa shape index (κ3) is 1.74. The molecule has 1 aromatic carbocycles. The highest BCUT2D eigenvalue weighted by Crippen LogP contribution is 2.40. The maximum atomic E-state index is 6.19. The topological polar surface area (TPSA) is 17.8 Å². The van der Waals surface area contributed by atoms with Crippen molar-refractivity contribution >= 4 is 11.6 Å². The quantitative estimate of drug-likeness (QED) is 0.772. The van der Waals surface area contributed by atoms with Crippen LogP contribution in [0.5, 0.6) is 0 Å². The van der Waals surface area contributed by atoms with E-state index in [1.54, 1.807) is 0 Å². The molecule has 82 valence electrons. The van der Waals surface area contributed by atoms with Crippen molar-refractivity contribution in [3.8, 4) is 5.69 Å². The van der Waals surface area contributed by atoms with Gasteiger partial charge in [-0.05, 0) is 38.0 Å². The van der Waals surface area contributed by atoms with Gasteiger partial charge < -0.3 is 0 Å². The molecule has 0 saturated heterocycles. The van der Waals surface area contributed by atoms with Crippen LogP contribution in [-0.2, 0) is 0 Å². The van der Waals surface area contributed by atoms with Crippen molar-refractivity contribution in [2.24, 2.45) is 0 Å². The Kier molecular flexibility index (Phi) is 2.25. The average Bonchev–Trinajstić information content (AvgIpc) is 3.04. The van der Waals surface area contributed by atoms with Crippen LogP contribution in [0.1, 0.15) is 30.0 Å². The molecule has 0 amide bonds. The number of hydrogen-bond donors (Lipinski definition) is 0. The van der Waals surface area contributed by atoms with Crippen molar-refractivity contribution in [1.29, 1.82) is 0 Å². The fourth-order valence-electron chi connectivity index (χ4n) is 1.82. The van der Waals surface area contributed by atoms with Crippen LogP contribution in [0.4, 0.5) is 0 Å². The number of nitrogens with zero attached hydrogens (tertiary/aromatic N) is 2. The van der Waals surface area contributed by atoms with Crippen LogP contribution in [0.3, 0.4) is 0 Å². The molecule has 0 radical (unpaired) electrons. The minimum absolute atomic E-state index is 0.643. The van der Waals surface area contributed by atoms with Crippen LogP contribution in [0.15, 0.2) is 30.3 Å². The lowest BCUT2D eigenvalue weighted by molar-refractivity contribution is 0.837. The molecule has 0 spiro atoms. The monoisotopic (exact) mass is 232 g/mol. The number of aryl methyl sites for hydroxylation is 1. The Bertz CT molecular complexity index is 509. The lowest BCUT2D eigenvalue weighted by atomic mass is 10.2. The van der Waals surface area contributed by atoms with Crippen LogP contribution in [-0.4, -0.2) is 9.78 Å². The Balaban J connectivity index is 2.01. The van der Waals surface area contributed by atoms with Gasteiger partial charge in [0.15, 0.2) is 0 Å². The molecule has 1 aliphatic carbocycles. The predicted octanol–water partition coefficient (Wildman–Crippen LogP) is 3.71. The van der Waals surface area contributed by atoms with Gasteiger partial charge in [0.05, 0.1) is 11.4 Å². The van der Waals surface area contributed by atoms with E-state index in [1.807, 2.05) is 22.9 Å². The first-order valence-corrected chi connectivity index (χ1v) is 5.94. The predicted molar refractivity (Wildman–Crippen MR) is 65.3 cm³/mol. The van der Waals surface area contributed by atoms with Gasteiger partial charge in [-0.3, -0.25) is 0 Å². The average molecular weight is 233 g/mol. The van der Waals surface area contributed by atoms with Gasteiger partial charge in [0.1, 0.15) is 5.15 Å². The normalized spacial score (nSPS) is 15.4. The molecule has 0 bridgehead atoms. The standard InChI is InChI=1S/C13H13ClN2/c1-9-2-6-11(7-3-9)16-13(14)8-12(15-16)10-4-5-10/h2-3,6-8,10H,4-5H2,1H3. The Hall–Kier alpha value is -1.28. The molecule has 0 aliphatic heterocycles. The molecule has 3 rings (SSSR count).